The summed E-state index contributed by atoms with van der Waals surface area (Å²) >= 11 is 12.6. The summed E-state index contributed by atoms with van der Waals surface area (Å²) in [5, 5.41) is 0. The maximum atomic E-state index is 11.7. The van der Waals surface area contributed by atoms with Gasteiger partial charge in [-0.3, -0.25) is 25.4 Å². The van der Waals surface area contributed by atoms with Gasteiger partial charge in [-0.05, 0) is 18.2 Å². The number of hydrazine groups is 1. The van der Waals surface area contributed by atoms with Crippen molar-refractivity contribution >= 4 is 46.4 Å². The summed E-state index contributed by atoms with van der Waals surface area (Å²) in [5.74, 6) is -1.01. The van der Waals surface area contributed by atoms with E-state index in [-0.39, 0.29) is 9.90 Å². The highest BCUT2D eigenvalue weighted by Crippen LogP contribution is 2.30. The van der Waals surface area contributed by atoms with E-state index < -0.39 is 11.8 Å². The lowest BCUT2D eigenvalue weighted by Gasteiger charge is -2.06. The summed E-state index contributed by atoms with van der Waals surface area (Å²) in [5.41, 5.74) is 5.05. The highest BCUT2D eigenvalue weighted by molar-refractivity contribution is 7.20. The zero-order chi connectivity index (χ0) is 13.8. The van der Waals surface area contributed by atoms with E-state index in [9.17, 15) is 9.59 Å². The molecule has 98 valence electrons. The second-order valence-corrected chi connectivity index (χ2v) is 5.67. The number of thiophene rings is 1. The number of rotatable bonds is 2. The van der Waals surface area contributed by atoms with E-state index in [1.54, 1.807) is 18.3 Å². The first-order valence-corrected chi connectivity index (χ1v) is 6.60. The molecule has 2 heterocycles. The van der Waals surface area contributed by atoms with Gasteiger partial charge in [-0.15, -0.1) is 11.3 Å². The number of hydrogen-bond acceptors (Lipinski definition) is 4. The molecule has 0 aliphatic carbocycles. The third-order valence-corrected chi connectivity index (χ3v) is 3.60. The fourth-order valence-electron chi connectivity index (χ4n) is 1.25. The maximum absolute atomic E-state index is 11.7. The van der Waals surface area contributed by atoms with Crippen molar-refractivity contribution in [1.29, 1.82) is 0 Å². The molecule has 0 spiro atoms. The average Bonchev–Trinajstić information content (AvgIpc) is 2.75. The standard InChI is InChI=1S/C11H7Cl2N3O2S/c12-8-4-7(9(13)19-8)11(18)16-15-10(17)6-2-1-3-14-5-6/h1-5H,(H,15,17)(H,16,18). The van der Waals surface area contributed by atoms with Gasteiger partial charge >= 0.3 is 0 Å². The lowest BCUT2D eigenvalue weighted by molar-refractivity contribution is 0.0847. The number of hydrogen-bond donors (Lipinski definition) is 2. The van der Waals surface area contributed by atoms with Crippen LogP contribution in [0.4, 0.5) is 0 Å². The van der Waals surface area contributed by atoms with Gasteiger partial charge in [-0.1, -0.05) is 23.2 Å². The van der Waals surface area contributed by atoms with Crippen molar-refractivity contribution < 1.29 is 9.59 Å². The molecular weight excluding hydrogens is 309 g/mol. The van der Waals surface area contributed by atoms with E-state index in [2.05, 4.69) is 15.8 Å². The average molecular weight is 316 g/mol. The van der Waals surface area contributed by atoms with E-state index in [0.717, 1.165) is 11.3 Å². The van der Waals surface area contributed by atoms with Crippen molar-refractivity contribution in [3.63, 3.8) is 0 Å². The Labute approximate surface area is 122 Å². The molecule has 5 nitrogen and oxygen atoms in total. The normalized spacial score (nSPS) is 10.0. The summed E-state index contributed by atoms with van der Waals surface area (Å²) < 4.78 is 0.659. The first-order valence-electron chi connectivity index (χ1n) is 5.03. The van der Waals surface area contributed by atoms with Crippen LogP contribution in [0.3, 0.4) is 0 Å². The van der Waals surface area contributed by atoms with Crippen LogP contribution in [0.15, 0.2) is 30.6 Å². The quantitative estimate of drug-likeness (QED) is 0.836. The summed E-state index contributed by atoms with van der Waals surface area (Å²) in [6, 6.07) is 4.62. The van der Waals surface area contributed by atoms with Crippen LogP contribution in [0.5, 0.6) is 0 Å². The fraction of sp³-hybridized carbons (Fsp3) is 0. The van der Waals surface area contributed by atoms with Crippen LogP contribution in [-0.2, 0) is 0 Å². The Balaban J connectivity index is 1.98. The number of nitrogens with one attached hydrogen (secondary N) is 2. The molecule has 0 aromatic carbocycles. The molecule has 2 aromatic rings. The van der Waals surface area contributed by atoms with Crippen LogP contribution in [0.25, 0.3) is 0 Å². The molecule has 8 heteroatoms. The summed E-state index contributed by atoms with van der Waals surface area (Å²) in [6.45, 7) is 0. The van der Waals surface area contributed by atoms with Crippen molar-refractivity contribution in [2.24, 2.45) is 0 Å². The van der Waals surface area contributed by atoms with Crippen LogP contribution in [-0.4, -0.2) is 16.8 Å². The number of amides is 2. The van der Waals surface area contributed by atoms with E-state index >= 15 is 0 Å². The molecule has 19 heavy (non-hydrogen) atoms. The second-order valence-electron chi connectivity index (χ2n) is 3.39. The Bertz CT molecular complexity index is 616. The first kappa shape index (κ1) is 13.8. The van der Waals surface area contributed by atoms with Crippen molar-refractivity contribution in [3.05, 3.63) is 50.4 Å². The van der Waals surface area contributed by atoms with Gasteiger partial charge in [0.2, 0.25) is 0 Å². The maximum Gasteiger partial charge on any atom is 0.272 e. The molecule has 2 aromatic heterocycles. The lowest BCUT2D eigenvalue weighted by atomic mass is 10.3. The molecular formula is C11H7Cl2N3O2S. The molecule has 0 saturated heterocycles. The topological polar surface area (TPSA) is 71.1 Å². The second kappa shape index (κ2) is 6.01. The van der Waals surface area contributed by atoms with Crippen molar-refractivity contribution in [2.75, 3.05) is 0 Å². The van der Waals surface area contributed by atoms with Gasteiger partial charge in [0.1, 0.15) is 4.34 Å². The number of halogens is 2. The van der Waals surface area contributed by atoms with E-state index in [0.29, 0.717) is 9.90 Å². The molecule has 2 amide bonds. The van der Waals surface area contributed by atoms with Gasteiger partial charge in [0.05, 0.1) is 15.5 Å². The summed E-state index contributed by atoms with van der Waals surface area (Å²) in [6.07, 6.45) is 2.93. The molecule has 0 radical (unpaired) electrons. The molecule has 0 bridgehead atoms. The highest BCUT2D eigenvalue weighted by atomic mass is 35.5. The molecule has 0 atom stereocenters. The van der Waals surface area contributed by atoms with Crippen LogP contribution >= 0.6 is 34.5 Å². The lowest BCUT2D eigenvalue weighted by Crippen LogP contribution is -2.41. The van der Waals surface area contributed by atoms with Crippen molar-refractivity contribution in [2.45, 2.75) is 0 Å². The fourth-order valence-corrected chi connectivity index (χ4v) is 2.70. The smallest absolute Gasteiger partial charge is 0.267 e. The largest absolute Gasteiger partial charge is 0.272 e. The minimum absolute atomic E-state index is 0.211. The Morgan fingerprint density at radius 2 is 1.95 bits per heavy atom. The number of carbonyl (C=O) groups is 2. The molecule has 0 aliphatic heterocycles. The molecule has 0 unspecified atom stereocenters. The SMILES string of the molecule is O=C(NNC(=O)c1cc(Cl)sc1Cl)c1cccnc1. The van der Waals surface area contributed by atoms with Crippen LogP contribution in [0, 0.1) is 0 Å². The van der Waals surface area contributed by atoms with E-state index in [4.69, 9.17) is 23.2 Å². The third kappa shape index (κ3) is 3.44. The molecule has 0 fully saturated rings. The van der Waals surface area contributed by atoms with Crippen molar-refractivity contribution in [3.8, 4) is 0 Å². The Kier molecular flexibility index (Phi) is 4.36. The minimum Gasteiger partial charge on any atom is -0.267 e. The van der Waals surface area contributed by atoms with Gasteiger partial charge < -0.3 is 0 Å². The summed E-state index contributed by atoms with van der Waals surface area (Å²) in [7, 11) is 0. The Hall–Kier alpha value is -1.63. The third-order valence-electron chi connectivity index (χ3n) is 2.11. The molecule has 0 saturated carbocycles. The monoisotopic (exact) mass is 315 g/mol. The van der Waals surface area contributed by atoms with Crippen molar-refractivity contribution in [1.82, 2.24) is 15.8 Å². The van der Waals surface area contributed by atoms with Gasteiger partial charge in [-0.2, -0.15) is 0 Å². The van der Waals surface area contributed by atoms with Gasteiger partial charge in [0, 0.05) is 12.4 Å². The van der Waals surface area contributed by atoms with E-state index in [1.807, 2.05) is 0 Å². The zero-order valence-electron chi connectivity index (χ0n) is 9.31. The number of nitrogens with zero attached hydrogens (tertiary/aromatic N) is 1. The Morgan fingerprint density at radius 1 is 1.21 bits per heavy atom. The predicted octanol–water partition coefficient (Wildman–Crippen LogP) is 2.52. The van der Waals surface area contributed by atoms with Crippen LogP contribution in [0.1, 0.15) is 20.7 Å². The van der Waals surface area contributed by atoms with Crippen LogP contribution in [0.2, 0.25) is 8.67 Å². The number of carbonyl (C=O) groups excluding carboxylic acids is 2. The first-order chi connectivity index (χ1) is 9.08. The highest BCUT2D eigenvalue weighted by Gasteiger charge is 2.15. The van der Waals surface area contributed by atoms with E-state index in [1.165, 1.54) is 12.3 Å². The Morgan fingerprint density at radius 3 is 2.53 bits per heavy atom. The predicted molar refractivity (Wildman–Crippen MR) is 73.5 cm³/mol. The number of aromatic nitrogens is 1. The van der Waals surface area contributed by atoms with Gasteiger partial charge in [0.15, 0.2) is 0 Å². The van der Waals surface area contributed by atoms with Crippen LogP contribution < -0.4 is 10.9 Å². The molecule has 2 rings (SSSR count). The molecule has 2 N–H and O–H groups in total. The van der Waals surface area contributed by atoms with Gasteiger partial charge in [-0.25, -0.2) is 0 Å². The zero-order valence-corrected chi connectivity index (χ0v) is 11.6. The number of pyridine rings is 1. The molecule has 0 aliphatic rings. The summed E-state index contributed by atoms with van der Waals surface area (Å²) in [4.78, 5) is 27.2. The van der Waals surface area contributed by atoms with Gasteiger partial charge in [0.25, 0.3) is 11.8 Å². The minimum atomic E-state index is -0.537.